The molecule has 2 aromatic rings. The molecule has 1 aliphatic heterocycles. The molecule has 7 heteroatoms. The topological polar surface area (TPSA) is 88.7 Å². The van der Waals surface area contributed by atoms with Crippen LogP contribution in [0, 0.1) is 0 Å². The molecular formula is C21H27IN4O2. The molecule has 1 amide bonds. The van der Waals surface area contributed by atoms with E-state index in [0.29, 0.717) is 25.5 Å². The minimum Gasteiger partial charge on any atom is -0.493 e. The van der Waals surface area contributed by atoms with Gasteiger partial charge in [-0.05, 0) is 30.2 Å². The second-order valence-corrected chi connectivity index (χ2v) is 6.57. The molecule has 0 fully saturated rings. The van der Waals surface area contributed by atoms with E-state index in [2.05, 4.69) is 15.6 Å². The van der Waals surface area contributed by atoms with Gasteiger partial charge in [-0.2, -0.15) is 0 Å². The average Bonchev–Trinajstić information content (AvgIpc) is 2.68. The number of ether oxygens (including phenoxy) is 1. The van der Waals surface area contributed by atoms with Crippen molar-refractivity contribution in [3.8, 4) is 5.75 Å². The fourth-order valence-electron chi connectivity index (χ4n) is 3.04. The van der Waals surface area contributed by atoms with Crippen LogP contribution in [0.25, 0.3) is 0 Å². The summed E-state index contributed by atoms with van der Waals surface area (Å²) >= 11 is 0. The Kier molecular flexibility index (Phi) is 8.56. The largest absolute Gasteiger partial charge is 0.493 e. The van der Waals surface area contributed by atoms with Gasteiger partial charge in [0.05, 0.1) is 19.2 Å². The molecule has 0 saturated heterocycles. The smallest absolute Gasteiger partial charge is 0.224 e. The van der Waals surface area contributed by atoms with E-state index in [-0.39, 0.29) is 35.9 Å². The number of guanidine groups is 1. The number of anilines is 1. The number of benzene rings is 2. The summed E-state index contributed by atoms with van der Waals surface area (Å²) in [5.74, 6) is 1.35. The summed E-state index contributed by atoms with van der Waals surface area (Å²) in [6, 6.07) is 15.7. The zero-order valence-corrected chi connectivity index (χ0v) is 18.3. The zero-order valence-electron chi connectivity index (χ0n) is 16.0. The number of carbonyl (C=O) groups is 1. The molecule has 4 N–H and O–H groups in total. The lowest BCUT2D eigenvalue weighted by molar-refractivity contribution is -0.116. The Bertz CT molecular complexity index is 808. The predicted octanol–water partition coefficient (Wildman–Crippen LogP) is 3.97. The van der Waals surface area contributed by atoms with Crippen molar-refractivity contribution in [2.45, 2.75) is 38.8 Å². The molecule has 0 bridgehead atoms. The molecule has 0 saturated carbocycles. The van der Waals surface area contributed by atoms with E-state index in [0.717, 1.165) is 35.4 Å². The van der Waals surface area contributed by atoms with Crippen molar-refractivity contribution in [1.82, 2.24) is 5.32 Å². The first-order valence-electron chi connectivity index (χ1n) is 9.32. The van der Waals surface area contributed by atoms with Gasteiger partial charge in [0.1, 0.15) is 5.75 Å². The van der Waals surface area contributed by atoms with Crippen LogP contribution < -0.4 is 21.1 Å². The molecule has 1 unspecified atom stereocenters. The second-order valence-electron chi connectivity index (χ2n) is 6.57. The molecule has 0 aliphatic carbocycles. The molecule has 150 valence electrons. The van der Waals surface area contributed by atoms with Crippen molar-refractivity contribution >= 4 is 41.5 Å². The third-order valence-electron chi connectivity index (χ3n) is 4.43. The minimum absolute atomic E-state index is 0. The second kappa shape index (κ2) is 10.9. The van der Waals surface area contributed by atoms with E-state index in [1.807, 2.05) is 55.5 Å². The summed E-state index contributed by atoms with van der Waals surface area (Å²) in [6.07, 6.45) is 2.21. The lowest BCUT2D eigenvalue weighted by Crippen LogP contribution is -2.37. The van der Waals surface area contributed by atoms with Crippen LogP contribution >= 0.6 is 24.0 Å². The van der Waals surface area contributed by atoms with Gasteiger partial charge in [0.2, 0.25) is 5.91 Å². The number of halogens is 1. The fourth-order valence-corrected chi connectivity index (χ4v) is 3.04. The normalized spacial score (nSPS) is 15.6. The third kappa shape index (κ3) is 6.12. The van der Waals surface area contributed by atoms with E-state index in [1.165, 1.54) is 0 Å². The number of fused-ring (bicyclic) bond motifs is 1. The molecular weight excluding hydrogens is 467 g/mol. The first-order chi connectivity index (χ1) is 13.2. The van der Waals surface area contributed by atoms with Gasteiger partial charge < -0.3 is 21.1 Å². The molecule has 0 spiro atoms. The molecule has 3 rings (SSSR count). The maximum atomic E-state index is 11.6. The predicted molar refractivity (Wildman–Crippen MR) is 123 cm³/mol. The van der Waals surface area contributed by atoms with Crippen molar-refractivity contribution in [1.29, 1.82) is 0 Å². The summed E-state index contributed by atoms with van der Waals surface area (Å²) in [6.45, 7) is 3.12. The lowest BCUT2D eigenvalue weighted by Gasteiger charge is -2.26. The van der Waals surface area contributed by atoms with Gasteiger partial charge in [0.25, 0.3) is 0 Å². The molecule has 1 heterocycles. The van der Waals surface area contributed by atoms with Crippen LogP contribution in [0.5, 0.6) is 5.75 Å². The molecule has 1 aliphatic rings. The summed E-state index contributed by atoms with van der Waals surface area (Å²) in [7, 11) is 0. The Labute approximate surface area is 183 Å². The maximum absolute atomic E-state index is 11.6. The number of amides is 1. The number of hydrogen-bond acceptors (Lipinski definition) is 3. The van der Waals surface area contributed by atoms with Crippen molar-refractivity contribution < 1.29 is 9.53 Å². The SMILES string of the molecule is CCCC(=O)Nc1ccc(CN=C(N)NC2CCOc3ccccc32)cc1.I. The van der Waals surface area contributed by atoms with Crippen LogP contribution in [0.15, 0.2) is 53.5 Å². The Hall–Kier alpha value is -2.29. The monoisotopic (exact) mass is 494 g/mol. The van der Waals surface area contributed by atoms with E-state index < -0.39 is 0 Å². The molecule has 0 radical (unpaired) electrons. The minimum atomic E-state index is 0. The Balaban J connectivity index is 0.00000280. The highest BCUT2D eigenvalue weighted by atomic mass is 127. The molecule has 0 aromatic heterocycles. The van der Waals surface area contributed by atoms with Gasteiger partial charge >= 0.3 is 0 Å². The van der Waals surface area contributed by atoms with Gasteiger partial charge in [-0.25, -0.2) is 4.99 Å². The van der Waals surface area contributed by atoms with Crippen LogP contribution in [0.2, 0.25) is 0 Å². The van der Waals surface area contributed by atoms with Gasteiger partial charge in [0, 0.05) is 24.1 Å². The van der Waals surface area contributed by atoms with E-state index in [9.17, 15) is 4.79 Å². The quantitative estimate of drug-likeness (QED) is 0.322. The average molecular weight is 494 g/mol. The number of nitrogens with one attached hydrogen (secondary N) is 2. The van der Waals surface area contributed by atoms with Crippen LogP contribution in [-0.4, -0.2) is 18.5 Å². The van der Waals surface area contributed by atoms with Crippen molar-refractivity contribution in [2.75, 3.05) is 11.9 Å². The third-order valence-corrected chi connectivity index (χ3v) is 4.43. The van der Waals surface area contributed by atoms with E-state index >= 15 is 0 Å². The first kappa shape index (κ1) is 22.0. The highest BCUT2D eigenvalue weighted by Crippen LogP contribution is 2.31. The number of nitrogens with two attached hydrogens (primary N) is 1. The van der Waals surface area contributed by atoms with Crippen LogP contribution in [-0.2, 0) is 11.3 Å². The van der Waals surface area contributed by atoms with E-state index in [4.69, 9.17) is 10.5 Å². The van der Waals surface area contributed by atoms with Crippen molar-refractivity contribution in [3.05, 3.63) is 59.7 Å². The molecule has 1 atom stereocenters. The number of para-hydroxylation sites is 1. The first-order valence-corrected chi connectivity index (χ1v) is 9.32. The van der Waals surface area contributed by atoms with Crippen LogP contribution in [0.1, 0.15) is 43.4 Å². The number of rotatable bonds is 6. The molecule has 28 heavy (non-hydrogen) atoms. The fraction of sp³-hybridized carbons (Fsp3) is 0.333. The standard InChI is InChI=1S/C21H26N4O2.HI/c1-2-5-20(26)24-16-10-8-15(9-11-16)14-23-21(22)25-18-12-13-27-19-7-4-3-6-17(18)19;/h3-4,6-11,18H,2,5,12-14H2,1H3,(H,24,26)(H3,22,23,25);1H. The number of nitrogens with zero attached hydrogens (tertiary/aromatic N) is 1. The Morgan fingerprint density at radius 1 is 1.21 bits per heavy atom. The van der Waals surface area contributed by atoms with Crippen molar-refractivity contribution in [2.24, 2.45) is 10.7 Å². The summed E-state index contributed by atoms with van der Waals surface area (Å²) in [5.41, 5.74) is 9.01. The molecule has 6 nitrogen and oxygen atoms in total. The lowest BCUT2D eigenvalue weighted by atomic mass is 10.0. The van der Waals surface area contributed by atoms with Gasteiger partial charge in [-0.3, -0.25) is 4.79 Å². The van der Waals surface area contributed by atoms with Gasteiger partial charge in [0.15, 0.2) is 5.96 Å². The van der Waals surface area contributed by atoms with Crippen LogP contribution in [0.4, 0.5) is 5.69 Å². The zero-order chi connectivity index (χ0) is 19.1. The summed E-state index contributed by atoms with van der Waals surface area (Å²) in [4.78, 5) is 16.1. The molecule has 2 aromatic carbocycles. The highest BCUT2D eigenvalue weighted by Gasteiger charge is 2.21. The van der Waals surface area contributed by atoms with Crippen LogP contribution in [0.3, 0.4) is 0 Å². The number of carbonyl (C=O) groups excluding carboxylic acids is 1. The van der Waals surface area contributed by atoms with Gasteiger partial charge in [-0.1, -0.05) is 37.3 Å². The Morgan fingerprint density at radius 3 is 2.71 bits per heavy atom. The maximum Gasteiger partial charge on any atom is 0.224 e. The van der Waals surface area contributed by atoms with Gasteiger partial charge in [-0.15, -0.1) is 24.0 Å². The number of hydrogen-bond donors (Lipinski definition) is 3. The summed E-state index contributed by atoms with van der Waals surface area (Å²) in [5, 5.41) is 6.16. The van der Waals surface area contributed by atoms with E-state index in [1.54, 1.807) is 0 Å². The summed E-state index contributed by atoms with van der Waals surface area (Å²) < 4.78 is 5.67. The highest BCUT2D eigenvalue weighted by molar-refractivity contribution is 14.0. The Morgan fingerprint density at radius 2 is 1.96 bits per heavy atom. The van der Waals surface area contributed by atoms with Crippen molar-refractivity contribution in [3.63, 3.8) is 0 Å². The number of aliphatic imine (C=N–C) groups is 1.